The largest absolute Gasteiger partial charge is 0.440 e. The van der Waals surface area contributed by atoms with Gasteiger partial charge >= 0.3 is 0 Å². The Bertz CT molecular complexity index is 793. The summed E-state index contributed by atoms with van der Waals surface area (Å²) in [5.74, 6) is 0.671. The summed E-state index contributed by atoms with van der Waals surface area (Å²) in [5.41, 5.74) is 1.60. The Morgan fingerprint density at radius 1 is 1.19 bits per heavy atom. The summed E-state index contributed by atoms with van der Waals surface area (Å²) in [5, 5.41) is 0. The standard InChI is InChI=1S/C20H31N3O3S/c1-3-5-13-22(14-6-4-2)27(24,25)23-15-9-10-17(16-23)20-21-18-11-7-8-12-19(18)26-20/h7-8,11-12,17H,3-6,9-10,13-16H2,1-2H3. The van der Waals surface area contributed by atoms with Crippen molar-refractivity contribution in [2.45, 2.75) is 58.3 Å². The molecule has 0 radical (unpaired) electrons. The molecule has 1 aromatic heterocycles. The van der Waals surface area contributed by atoms with Crippen LogP contribution < -0.4 is 0 Å². The second-order valence-electron chi connectivity index (χ2n) is 7.33. The van der Waals surface area contributed by atoms with Gasteiger partial charge in [0.05, 0.1) is 0 Å². The van der Waals surface area contributed by atoms with Gasteiger partial charge in [0.2, 0.25) is 0 Å². The summed E-state index contributed by atoms with van der Waals surface area (Å²) in [6.07, 6.45) is 5.50. The minimum absolute atomic E-state index is 0.0140. The number of benzene rings is 1. The highest BCUT2D eigenvalue weighted by atomic mass is 32.2. The van der Waals surface area contributed by atoms with E-state index in [0.29, 0.717) is 32.1 Å². The number of nitrogens with zero attached hydrogens (tertiary/aromatic N) is 3. The van der Waals surface area contributed by atoms with Crippen molar-refractivity contribution in [3.63, 3.8) is 0 Å². The molecule has 1 fully saturated rings. The van der Waals surface area contributed by atoms with Gasteiger partial charge in [0.1, 0.15) is 5.52 Å². The van der Waals surface area contributed by atoms with E-state index in [4.69, 9.17) is 4.42 Å². The van der Waals surface area contributed by atoms with Crippen molar-refractivity contribution in [2.24, 2.45) is 0 Å². The van der Waals surface area contributed by atoms with E-state index in [1.807, 2.05) is 24.3 Å². The highest BCUT2D eigenvalue weighted by molar-refractivity contribution is 7.86. The van der Waals surface area contributed by atoms with Gasteiger partial charge in [-0.3, -0.25) is 0 Å². The fraction of sp³-hybridized carbons (Fsp3) is 0.650. The van der Waals surface area contributed by atoms with E-state index in [-0.39, 0.29) is 5.92 Å². The highest BCUT2D eigenvalue weighted by Crippen LogP contribution is 2.30. The second-order valence-corrected chi connectivity index (χ2v) is 9.26. The highest BCUT2D eigenvalue weighted by Gasteiger charge is 2.35. The minimum Gasteiger partial charge on any atom is -0.440 e. The molecular formula is C20H31N3O3S. The Morgan fingerprint density at radius 2 is 1.89 bits per heavy atom. The van der Waals surface area contributed by atoms with Crippen LogP contribution in [0.3, 0.4) is 0 Å². The van der Waals surface area contributed by atoms with E-state index in [9.17, 15) is 8.42 Å². The quantitative estimate of drug-likeness (QED) is 0.642. The molecule has 1 unspecified atom stereocenters. The van der Waals surface area contributed by atoms with Crippen LogP contribution in [0.1, 0.15) is 64.2 Å². The van der Waals surface area contributed by atoms with Crippen molar-refractivity contribution < 1.29 is 12.8 Å². The molecule has 2 heterocycles. The van der Waals surface area contributed by atoms with Crippen LogP contribution in [0, 0.1) is 0 Å². The van der Waals surface area contributed by atoms with Gasteiger partial charge in [-0.1, -0.05) is 38.8 Å². The molecule has 2 aromatic rings. The number of para-hydroxylation sites is 2. The summed E-state index contributed by atoms with van der Waals surface area (Å²) in [4.78, 5) is 4.60. The molecule has 0 spiro atoms. The molecule has 6 nitrogen and oxygen atoms in total. The average molecular weight is 394 g/mol. The molecule has 0 aliphatic carbocycles. The minimum atomic E-state index is -3.44. The van der Waals surface area contributed by atoms with Crippen LogP contribution in [-0.4, -0.2) is 48.2 Å². The van der Waals surface area contributed by atoms with E-state index >= 15 is 0 Å². The van der Waals surface area contributed by atoms with Crippen LogP contribution in [0.5, 0.6) is 0 Å². The lowest BCUT2D eigenvalue weighted by Crippen LogP contribution is -2.48. The maximum atomic E-state index is 13.2. The molecule has 3 rings (SSSR count). The molecule has 7 heteroatoms. The molecule has 0 amide bonds. The van der Waals surface area contributed by atoms with Crippen molar-refractivity contribution in [3.05, 3.63) is 30.2 Å². The molecular weight excluding hydrogens is 362 g/mol. The van der Waals surface area contributed by atoms with Crippen LogP contribution >= 0.6 is 0 Å². The number of hydrogen-bond donors (Lipinski definition) is 0. The van der Waals surface area contributed by atoms with E-state index in [1.165, 1.54) is 0 Å². The Morgan fingerprint density at radius 3 is 2.56 bits per heavy atom. The van der Waals surface area contributed by atoms with Crippen LogP contribution in [0.2, 0.25) is 0 Å². The lowest BCUT2D eigenvalue weighted by Gasteiger charge is -2.34. The van der Waals surface area contributed by atoms with Gasteiger partial charge < -0.3 is 4.42 Å². The zero-order chi connectivity index (χ0) is 19.3. The van der Waals surface area contributed by atoms with Crippen LogP contribution in [0.15, 0.2) is 28.7 Å². The topological polar surface area (TPSA) is 66.7 Å². The van der Waals surface area contributed by atoms with Crippen molar-refractivity contribution in [3.8, 4) is 0 Å². The monoisotopic (exact) mass is 393 g/mol. The van der Waals surface area contributed by atoms with E-state index < -0.39 is 10.2 Å². The molecule has 27 heavy (non-hydrogen) atoms. The third-order valence-electron chi connectivity index (χ3n) is 5.22. The molecule has 1 atom stereocenters. The predicted octanol–water partition coefficient (Wildman–Crippen LogP) is 4.15. The SMILES string of the molecule is CCCCN(CCCC)S(=O)(=O)N1CCCC(c2nc3ccccc3o2)C1. The van der Waals surface area contributed by atoms with Gasteiger partial charge in [-0.25, -0.2) is 4.98 Å². The van der Waals surface area contributed by atoms with Crippen LogP contribution in [0.4, 0.5) is 0 Å². The first kappa shape index (κ1) is 20.3. The molecule has 1 saturated heterocycles. The Kier molecular flexibility index (Phi) is 6.89. The number of hydrogen-bond acceptors (Lipinski definition) is 4. The van der Waals surface area contributed by atoms with Gasteiger partial charge in [0.25, 0.3) is 10.2 Å². The van der Waals surface area contributed by atoms with Crippen LogP contribution in [-0.2, 0) is 10.2 Å². The normalized spacial score (nSPS) is 19.1. The lowest BCUT2D eigenvalue weighted by atomic mass is 10.00. The number of piperidine rings is 1. The van der Waals surface area contributed by atoms with Gasteiger partial charge in [0.15, 0.2) is 11.5 Å². The fourth-order valence-corrected chi connectivity index (χ4v) is 5.37. The summed E-state index contributed by atoms with van der Waals surface area (Å²) in [6, 6.07) is 7.69. The molecule has 0 bridgehead atoms. The second kappa shape index (κ2) is 9.17. The Labute approximate surface area is 162 Å². The van der Waals surface area contributed by atoms with E-state index in [0.717, 1.165) is 49.6 Å². The lowest BCUT2D eigenvalue weighted by molar-refractivity contribution is 0.263. The Balaban J connectivity index is 1.76. The van der Waals surface area contributed by atoms with Gasteiger partial charge in [-0.05, 0) is 37.8 Å². The number of oxazole rings is 1. The molecule has 1 aromatic carbocycles. The third-order valence-corrected chi connectivity index (χ3v) is 7.22. The third kappa shape index (κ3) is 4.70. The first-order chi connectivity index (χ1) is 13.1. The zero-order valence-corrected chi connectivity index (χ0v) is 17.2. The molecule has 1 aliphatic heterocycles. The number of aromatic nitrogens is 1. The first-order valence-corrected chi connectivity index (χ1v) is 11.6. The maximum absolute atomic E-state index is 13.2. The van der Waals surface area contributed by atoms with E-state index in [1.54, 1.807) is 8.61 Å². The van der Waals surface area contributed by atoms with Crippen molar-refractivity contribution >= 4 is 21.3 Å². The molecule has 0 N–H and O–H groups in total. The molecule has 0 saturated carbocycles. The summed E-state index contributed by atoms with van der Waals surface area (Å²) in [6.45, 7) is 6.41. The van der Waals surface area contributed by atoms with Gasteiger partial charge in [-0.15, -0.1) is 0 Å². The average Bonchev–Trinajstić information content (AvgIpc) is 3.12. The maximum Gasteiger partial charge on any atom is 0.281 e. The van der Waals surface area contributed by atoms with E-state index in [2.05, 4.69) is 18.8 Å². The Hall–Kier alpha value is -1.44. The first-order valence-electron chi connectivity index (χ1n) is 10.2. The number of unbranched alkanes of at least 4 members (excludes halogenated alkanes) is 2. The van der Waals surface area contributed by atoms with Gasteiger partial charge in [0, 0.05) is 32.1 Å². The number of fused-ring (bicyclic) bond motifs is 1. The zero-order valence-electron chi connectivity index (χ0n) is 16.4. The van der Waals surface area contributed by atoms with Crippen molar-refractivity contribution in [2.75, 3.05) is 26.2 Å². The summed E-state index contributed by atoms with van der Waals surface area (Å²) < 4.78 is 35.7. The molecule has 1 aliphatic rings. The summed E-state index contributed by atoms with van der Waals surface area (Å²) in [7, 11) is -3.44. The van der Waals surface area contributed by atoms with Gasteiger partial charge in [-0.2, -0.15) is 17.0 Å². The van der Waals surface area contributed by atoms with Crippen molar-refractivity contribution in [1.29, 1.82) is 0 Å². The smallest absolute Gasteiger partial charge is 0.281 e. The number of rotatable bonds is 9. The predicted molar refractivity (Wildman–Crippen MR) is 108 cm³/mol. The summed E-state index contributed by atoms with van der Waals surface area (Å²) >= 11 is 0. The van der Waals surface area contributed by atoms with Crippen molar-refractivity contribution in [1.82, 2.24) is 13.6 Å². The molecule has 150 valence electrons. The van der Waals surface area contributed by atoms with Crippen LogP contribution in [0.25, 0.3) is 11.1 Å². The fourth-order valence-electron chi connectivity index (χ4n) is 3.59.